The Hall–Kier alpha value is -3.43. The van der Waals surface area contributed by atoms with Crippen LogP contribution in [0.1, 0.15) is 20.0 Å². The molecule has 0 unspecified atom stereocenters. The second-order valence-corrected chi connectivity index (χ2v) is 8.00. The van der Waals surface area contributed by atoms with Gasteiger partial charge in [0, 0.05) is 23.8 Å². The third-order valence-corrected chi connectivity index (χ3v) is 5.58. The van der Waals surface area contributed by atoms with Crippen molar-refractivity contribution < 1.29 is 14.3 Å². The highest BCUT2D eigenvalue weighted by Gasteiger charge is 2.20. The molecular formula is C20H16ClN5O3S. The summed E-state index contributed by atoms with van der Waals surface area (Å²) >= 11 is 7.04. The van der Waals surface area contributed by atoms with Crippen LogP contribution in [0.2, 0.25) is 4.34 Å². The molecule has 152 valence electrons. The molecule has 3 N–H and O–H groups in total. The molecule has 1 aliphatic rings. The fraction of sp³-hybridized carbons (Fsp3) is 0.100. The SMILES string of the molecule is N=C1OCCN1c1ccc(NC(=O)c2cnccc2NC(=O)c2ccc(Cl)s2)cc1. The van der Waals surface area contributed by atoms with Crippen LogP contribution < -0.4 is 15.5 Å². The number of hydrogen-bond donors (Lipinski definition) is 3. The molecule has 1 aliphatic heterocycles. The van der Waals surface area contributed by atoms with Gasteiger partial charge in [-0.15, -0.1) is 11.3 Å². The van der Waals surface area contributed by atoms with Gasteiger partial charge in [0.05, 0.1) is 27.0 Å². The van der Waals surface area contributed by atoms with Gasteiger partial charge in [-0.3, -0.25) is 24.9 Å². The molecule has 1 aromatic carbocycles. The summed E-state index contributed by atoms with van der Waals surface area (Å²) in [6.07, 6.45) is 2.89. The number of thiophene rings is 1. The van der Waals surface area contributed by atoms with Crippen molar-refractivity contribution in [1.29, 1.82) is 5.41 Å². The van der Waals surface area contributed by atoms with Crippen molar-refractivity contribution in [2.75, 3.05) is 28.7 Å². The predicted molar refractivity (Wildman–Crippen MR) is 117 cm³/mol. The van der Waals surface area contributed by atoms with Crippen molar-refractivity contribution >= 4 is 57.8 Å². The highest BCUT2D eigenvalue weighted by molar-refractivity contribution is 7.18. The van der Waals surface area contributed by atoms with Crippen molar-refractivity contribution in [2.45, 2.75) is 0 Å². The Morgan fingerprint density at radius 3 is 2.57 bits per heavy atom. The van der Waals surface area contributed by atoms with Gasteiger partial charge >= 0.3 is 0 Å². The van der Waals surface area contributed by atoms with Gasteiger partial charge in [-0.25, -0.2) is 0 Å². The van der Waals surface area contributed by atoms with E-state index in [1.807, 2.05) is 0 Å². The van der Waals surface area contributed by atoms with Crippen LogP contribution in [0.25, 0.3) is 0 Å². The topological polar surface area (TPSA) is 107 Å². The summed E-state index contributed by atoms with van der Waals surface area (Å²) in [6.45, 7) is 1.09. The lowest BCUT2D eigenvalue weighted by molar-refractivity contribution is 0.102. The monoisotopic (exact) mass is 441 g/mol. The summed E-state index contributed by atoms with van der Waals surface area (Å²) in [5, 5.41) is 13.3. The van der Waals surface area contributed by atoms with Gasteiger partial charge in [-0.2, -0.15) is 0 Å². The molecule has 0 atom stereocenters. The number of pyridine rings is 1. The number of amidine groups is 1. The number of benzene rings is 1. The van der Waals surface area contributed by atoms with E-state index in [0.29, 0.717) is 33.7 Å². The zero-order valence-electron chi connectivity index (χ0n) is 15.5. The second kappa shape index (κ2) is 8.52. The van der Waals surface area contributed by atoms with Crippen molar-refractivity contribution in [2.24, 2.45) is 0 Å². The number of aromatic nitrogens is 1. The Labute approximate surface area is 181 Å². The number of nitrogens with one attached hydrogen (secondary N) is 3. The molecule has 2 amide bonds. The summed E-state index contributed by atoms with van der Waals surface area (Å²) in [5.41, 5.74) is 1.95. The Morgan fingerprint density at radius 1 is 1.10 bits per heavy atom. The maximum atomic E-state index is 12.8. The first-order valence-electron chi connectivity index (χ1n) is 8.92. The van der Waals surface area contributed by atoms with Crippen molar-refractivity contribution in [3.63, 3.8) is 0 Å². The third-order valence-electron chi connectivity index (χ3n) is 4.35. The fourth-order valence-electron chi connectivity index (χ4n) is 2.89. The summed E-state index contributed by atoms with van der Waals surface area (Å²) in [7, 11) is 0. The molecule has 3 heterocycles. The molecular weight excluding hydrogens is 426 g/mol. The molecule has 0 saturated carbocycles. The number of rotatable bonds is 5. The van der Waals surface area contributed by atoms with Crippen LogP contribution in [0, 0.1) is 5.41 Å². The van der Waals surface area contributed by atoms with E-state index in [0.717, 1.165) is 17.0 Å². The Kier molecular flexibility index (Phi) is 5.64. The maximum Gasteiger partial charge on any atom is 0.289 e. The van der Waals surface area contributed by atoms with Crippen molar-refractivity contribution in [1.82, 2.24) is 4.98 Å². The Bertz CT molecular complexity index is 1120. The molecule has 0 radical (unpaired) electrons. The first kappa shape index (κ1) is 19.9. The lowest BCUT2D eigenvalue weighted by atomic mass is 10.2. The maximum absolute atomic E-state index is 12.8. The average Bonchev–Trinajstić information content (AvgIpc) is 3.37. The quantitative estimate of drug-likeness (QED) is 0.553. The molecule has 0 bridgehead atoms. The Morgan fingerprint density at radius 2 is 1.90 bits per heavy atom. The highest BCUT2D eigenvalue weighted by atomic mass is 35.5. The van der Waals surface area contributed by atoms with Crippen LogP contribution in [0.3, 0.4) is 0 Å². The number of carbonyl (C=O) groups is 2. The molecule has 0 aliphatic carbocycles. The van der Waals surface area contributed by atoms with Gasteiger partial charge < -0.3 is 15.4 Å². The Balaban J connectivity index is 1.47. The first-order chi connectivity index (χ1) is 14.5. The highest BCUT2D eigenvalue weighted by Crippen LogP contribution is 2.24. The standard InChI is InChI=1S/C20H16ClN5O3S/c21-17-6-5-16(30-17)19(28)25-15-7-8-23-11-14(15)18(27)24-12-1-3-13(4-2-12)26-9-10-29-20(26)22/h1-8,11,22H,9-10H2,(H,24,27)(H,23,25,28). The van der Waals surface area contributed by atoms with E-state index in [1.165, 1.54) is 12.4 Å². The minimum Gasteiger partial charge on any atom is -0.463 e. The van der Waals surface area contributed by atoms with E-state index in [-0.39, 0.29) is 17.5 Å². The largest absolute Gasteiger partial charge is 0.463 e. The molecule has 3 aromatic rings. The number of ether oxygens (including phenoxy) is 1. The number of hydrogen-bond acceptors (Lipinski definition) is 6. The van der Waals surface area contributed by atoms with Crippen molar-refractivity contribution in [3.8, 4) is 0 Å². The lowest BCUT2D eigenvalue weighted by Gasteiger charge is -2.15. The summed E-state index contributed by atoms with van der Waals surface area (Å²) in [6, 6.07) is 12.0. The van der Waals surface area contributed by atoms with Gasteiger partial charge in [0.1, 0.15) is 6.61 Å². The summed E-state index contributed by atoms with van der Waals surface area (Å²) < 4.78 is 5.65. The van der Waals surface area contributed by atoms with Gasteiger partial charge in [0.2, 0.25) is 0 Å². The van der Waals surface area contributed by atoms with Crippen LogP contribution in [0.4, 0.5) is 17.1 Å². The van der Waals surface area contributed by atoms with E-state index < -0.39 is 5.91 Å². The molecule has 10 heteroatoms. The molecule has 30 heavy (non-hydrogen) atoms. The minimum atomic E-state index is -0.410. The number of halogens is 1. The van der Waals surface area contributed by atoms with Crippen LogP contribution in [0.5, 0.6) is 0 Å². The van der Waals surface area contributed by atoms with Crippen LogP contribution in [-0.2, 0) is 4.74 Å². The number of nitrogens with zero attached hydrogens (tertiary/aromatic N) is 2. The number of anilines is 3. The van der Waals surface area contributed by atoms with Gasteiger partial charge in [-0.05, 0) is 42.5 Å². The normalized spacial score (nSPS) is 13.1. The van der Waals surface area contributed by atoms with E-state index in [9.17, 15) is 9.59 Å². The number of amides is 2. The summed E-state index contributed by atoms with van der Waals surface area (Å²) in [5.74, 6) is -0.764. The van der Waals surface area contributed by atoms with E-state index in [2.05, 4.69) is 15.6 Å². The zero-order valence-corrected chi connectivity index (χ0v) is 17.1. The van der Waals surface area contributed by atoms with Crippen LogP contribution >= 0.6 is 22.9 Å². The first-order valence-corrected chi connectivity index (χ1v) is 10.1. The lowest BCUT2D eigenvalue weighted by Crippen LogP contribution is -2.23. The van der Waals surface area contributed by atoms with Gasteiger partial charge in [-0.1, -0.05) is 11.6 Å². The van der Waals surface area contributed by atoms with Crippen LogP contribution in [-0.4, -0.2) is 36.0 Å². The molecule has 0 spiro atoms. The molecule has 8 nitrogen and oxygen atoms in total. The predicted octanol–water partition coefficient (Wildman–Crippen LogP) is 4.07. The number of carbonyl (C=O) groups excluding carboxylic acids is 2. The molecule has 2 aromatic heterocycles. The molecule has 1 fully saturated rings. The fourth-order valence-corrected chi connectivity index (χ4v) is 3.83. The molecule has 4 rings (SSSR count). The van der Waals surface area contributed by atoms with E-state index >= 15 is 0 Å². The van der Waals surface area contributed by atoms with Crippen LogP contribution in [0.15, 0.2) is 54.9 Å². The minimum absolute atomic E-state index is 0.106. The third kappa shape index (κ3) is 4.27. The zero-order chi connectivity index (χ0) is 21.1. The van der Waals surface area contributed by atoms with Gasteiger partial charge in [0.15, 0.2) is 0 Å². The second-order valence-electron chi connectivity index (χ2n) is 6.29. The van der Waals surface area contributed by atoms with Crippen molar-refractivity contribution in [3.05, 3.63) is 69.6 Å². The molecule has 1 saturated heterocycles. The van der Waals surface area contributed by atoms with E-state index in [1.54, 1.807) is 47.4 Å². The van der Waals surface area contributed by atoms with E-state index in [4.69, 9.17) is 21.7 Å². The van der Waals surface area contributed by atoms with Gasteiger partial charge in [0.25, 0.3) is 17.8 Å². The smallest absolute Gasteiger partial charge is 0.289 e. The average molecular weight is 442 g/mol. The summed E-state index contributed by atoms with van der Waals surface area (Å²) in [4.78, 5) is 31.3.